The van der Waals surface area contributed by atoms with E-state index in [1.54, 1.807) is 21.6 Å². The highest BCUT2D eigenvalue weighted by Gasteiger charge is 2.75. The minimum Gasteiger partial charge on any atom is -0.396 e. The van der Waals surface area contributed by atoms with E-state index in [1.165, 1.54) is 19.2 Å². The Bertz CT molecular complexity index is 2130. The first-order chi connectivity index (χ1) is 24.2. The lowest BCUT2D eigenvalue weighted by Gasteiger charge is -2.23. The number of hydrogen-bond donors (Lipinski definition) is 5. The average Bonchev–Trinajstić information content (AvgIpc) is 3.34. The average molecular weight is 699 g/mol. The Balaban J connectivity index is 0.921. The summed E-state index contributed by atoms with van der Waals surface area (Å²) in [5, 5.41) is 36.0. The van der Waals surface area contributed by atoms with E-state index in [1.807, 2.05) is 30.5 Å². The van der Waals surface area contributed by atoms with Gasteiger partial charge in [-0.05, 0) is 73.2 Å². The van der Waals surface area contributed by atoms with Crippen molar-refractivity contribution in [2.75, 3.05) is 18.1 Å². The van der Waals surface area contributed by atoms with Crippen LogP contribution in [0.15, 0.2) is 55.0 Å². The highest BCUT2D eigenvalue weighted by molar-refractivity contribution is 6.28. The van der Waals surface area contributed by atoms with E-state index in [0.29, 0.717) is 35.6 Å². The molecule has 3 heterocycles. The number of aryl methyl sites for hydroxylation is 1. The summed E-state index contributed by atoms with van der Waals surface area (Å²) in [4.78, 5) is 25.8. The van der Waals surface area contributed by atoms with Crippen LogP contribution in [0.2, 0.25) is 5.28 Å². The zero-order valence-electron chi connectivity index (χ0n) is 27.2. The number of carbonyl (C=O) groups excluding carboxylic acids is 1. The van der Waals surface area contributed by atoms with E-state index in [0.717, 1.165) is 48.9 Å². The predicted molar refractivity (Wildman–Crippen MR) is 185 cm³/mol. The normalized spacial score (nSPS) is 22.2. The molecule has 2 fully saturated rings. The fourth-order valence-electron chi connectivity index (χ4n) is 7.04. The van der Waals surface area contributed by atoms with Crippen LogP contribution < -0.4 is 16.4 Å². The number of nitrogens with zero attached hydrogens (tertiary/aromatic N) is 7. The first-order valence-electron chi connectivity index (χ1n) is 16.5. The van der Waals surface area contributed by atoms with E-state index in [4.69, 9.17) is 17.3 Å². The molecule has 2 aromatic carbocycles. The third kappa shape index (κ3) is 6.24. The molecule has 6 N–H and O–H groups in total. The molecule has 15 heteroatoms. The van der Waals surface area contributed by atoms with E-state index in [9.17, 15) is 19.4 Å². The molecule has 2 saturated carbocycles. The zero-order chi connectivity index (χ0) is 35.0. The van der Waals surface area contributed by atoms with Crippen LogP contribution in [0.25, 0.3) is 16.9 Å². The van der Waals surface area contributed by atoms with Crippen LogP contribution in [-0.4, -0.2) is 69.9 Å². The number of anilines is 2. The summed E-state index contributed by atoms with van der Waals surface area (Å²) in [7, 11) is 1.52. The van der Waals surface area contributed by atoms with E-state index < -0.39 is 29.5 Å². The molecular formula is C35H36ClFN10O3. The van der Waals surface area contributed by atoms with Gasteiger partial charge < -0.3 is 31.1 Å². The summed E-state index contributed by atoms with van der Waals surface area (Å²) in [6.07, 6.45) is 5.94. The molecule has 13 nitrogen and oxygen atoms in total. The molecule has 1 amide bonds. The van der Waals surface area contributed by atoms with E-state index in [2.05, 4.69) is 47.7 Å². The summed E-state index contributed by atoms with van der Waals surface area (Å²) in [5.74, 6) is 5.94. The minimum absolute atomic E-state index is 0.00436. The Morgan fingerprint density at radius 2 is 2.04 bits per heavy atom. The van der Waals surface area contributed by atoms with Crippen LogP contribution in [0.3, 0.4) is 0 Å². The first kappa shape index (κ1) is 33.4. The number of fused-ring (bicyclic) bond motifs is 2. The number of carbonyl (C=O) groups is 1. The largest absolute Gasteiger partial charge is 0.396 e. The van der Waals surface area contributed by atoms with Crippen LogP contribution in [0.1, 0.15) is 55.0 Å². The summed E-state index contributed by atoms with van der Waals surface area (Å²) in [6.45, 7) is 0.428. The second-order valence-corrected chi connectivity index (χ2v) is 13.1. The van der Waals surface area contributed by atoms with Crippen LogP contribution in [0.5, 0.6) is 0 Å². The number of halogens is 2. The third-order valence-corrected chi connectivity index (χ3v) is 9.85. The molecular weight excluding hydrogens is 663 g/mol. The van der Waals surface area contributed by atoms with Gasteiger partial charge in [-0.15, -0.1) is 5.10 Å². The Morgan fingerprint density at radius 1 is 1.18 bits per heavy atom. The fourth-order valence-corrected chi connectivity index (χ4v) is 7.20. The third-order valence-electron chi connectivity index (χ3n) is 9.68. The fraction of sp³-hybridized carbons (Fsp3) is 0.371. The van der Waals surface area contributed by atoms with Gasteiger partial charge in [0.2, 0.25) is 11.2 Å². The number of hydrogen-bond acceptors (Lipinski definition) is 10. The molecule has 0 aliphatic heterocycles. The maximum atomic E-state index is 13.5. The number of aliphatic hydroxyl groups excluding tert-OH is 2. The van der Waals surface area contributed by atoms with Crippen LogP contribution in [0, 0.1) is 29.0 Å². The lowest BCUT2D eigenvalue weighted by molar-refractivity contribution is -0.132. The van der Waals surface area contributed by atoms with Gasteiger partial charge >= 0.3 is 0 Å². The highest BCUT2D eigenvalue weighted by Crippen LogP contribution is 2.67. The van der Waals surface area contributed by atoms with Crippen molar-refractivity contribution in [3.63, 3.8) is 0 Å². The molecule has 0 radical (unpaired) electrons. The van der Waals surface area contributed by atoms with Crippen molar-refractivity contribution in [1.82, 2.24) is 39.8 Å². The second-order valence-electron chi connectivity index (χ2n) is 12.8. The van der Waals surface area contributed by atoms with Crippen molar-refractivity contribution in [3.8, 4) is 17.5 Å². The first-order valence-corrected chi connectivity index (χ1v) is 16.8. The molecule has 3 aromatic heterocycles. The number of aliphatic hydroxyl groups is 2. The summed E-state index contributed by atoms with van der Waals surface area (Å²) in [6, 6.07) is 11.8. The maximum absolute atomic E-state index is 13.5. The zero-order valence-corrected chi connectivity index (χ0v) is 28.0. The van der Waals surface area contributed by atoms with Gasteiger partial charge in [0.05, 0.1) is 47.2 Å². The SMILES string of the molecule is CNC(=O)[C@@]12C[C@@H]1[C@@H](n1cnc3c(NCc4cccc(C#CCCCCCc5cn(-c6ccc(F)c(N)c6)nn5)c4)nc(Cl)nc31)[C@H](O)[C@@H]2O. The Kier molecular flexibility index (Phi) is 9.13. The van der Waals surface area contributed by atoms with E-state index >= 15 is 0 Å². The molecule has 0 unspecified atom stereocenters. The Morgan fingerprint density at radius 3 is 2.86 bits per heavy atom. The summed E-state index contributed by atoms with van der Waals surface area (Å²) in [5.41, 5.74) is 9.00. The van der Waals surface area contributed by atoms with Crippen molar-refractivity contribution in [2.24, 2.45) is 11.3 Å². The number of rotatable bonds is 11. The standard InChI is InChI=1S/C35H36ClFN10O3/c1-39-33(50)35-16-24(35)28(29(48)30(35)49)46-19-41-27-31(42-34(36)43-32(27)46)40-17-21-10-7-9-20(14-21)8-5-3-2-4-6-11-22-18-47(45-44-22)23-12-13-25(37)26(38)15-23/h7,9-10,12-15,18-19,24,28-30,48-49H,2-4,6,11,16-17,38H2,1H3,(H,39,50)(H,40,42,43)/t24-,28-,29+,30+,35+/m1/s1. The summed E-state index contributed by atoms with van der Waals surface area (Å²) < 4.78 is 16.7. The summed E-state index contributed by atoms with van der Waals surface area (Å²) >= 11 is 6.33. The highest BCUT2D eigenvalue weighted by atomic mass is 35.5. The lowest BCUT2D eigenvalue weighted by atomic mass is 9.98. The Labute approximate surface area is 292 Å². The number of unbranched alkanes of at least 4 members (excludes halogenated alkanes) is 3. The van der Waals surface area contributed by atoms with Crippen molar-refractivity contribution >= 4 is 40.2 Å². The second kappa shape index (κ2) is 13.7. The van der Waals surface area contributed by atoms with Crippen LogP contribution in [0.4, 0.5) is 15.9 Å². The topological polar surface area (TPSA) is 182 Å². The smallest absolute Gasteiger partial charge is 0.229 e. The van der Waals surface area contributed by atoms with Gasteiger partial charge in [0.25, 0.3) is 0 Å². The lowest BCUT2D eigenvalue weighted by Crippen LogP contribution is -2.41. The number of nitrogen functional groups attached to an aromatic ring is 1. The maximum Gasteiger partial charge on any atom is 0.229 e. The van der Waals surface area contributed by atoms with Gasteiger partial charge in [-0.1, -0.05) is 35.6 Å². The monoisotopic (exact) mass is 698 g/mol. The number of aromatic nitrogens is 7. The van der Waals surface area contributed by atoms with Crippen LogP contribution in [-0.2, 0) is 17.8 Å². The molecule has 0 bridgehead atoms. The van der Waals surface area contributed by atoms with Gasteiger partial charge in [-0.25, -0.2) is 14.1 Å². The van der Waals surface area contributed by atoms with Crippen molar-refractivity contribution in [1.29, 1.82) is 0 Å². The number of nitrogens with one attached hydrogen (secondary N) is 2. The van der Waals surface area contributed by atoms with Gasteiger partial charge in [0.15, 0.2) is 17.0 Å². The van der Waals surface area contributed by atoms with Gasteiger partial charge in [-0.3, -0.25) is 4.79 Å². The molecule has 2 aliphatic carbocycles. The minimum atomic E-state index is -1.20. The van der Waals surface area contributed by atoms with Gasteiger partial charge in [0, 0.05) is 31.5 Å². The quantitative estimate of drug-likeness (QED) is 0.0592. The van der Waals surface area contributed by atoms with Crippen molar-refractivity contribution in [2.45, 2.75) is 63.3 Å². The molecule has 5 aromatic rings. The number of amides is 1. The van der Waals surface area contributed by atoms with E-state index in [-0.39, 0.29) is 22.8 Å². The number of imidazole rings is 1. The number of nitrogens with two attached hydrogens (primary N) is 1. The van der Waals surface area contributed by atoms with Gasteiger partial charge in [-0.2, -0.15) is 9.97 Å². The molecule has 50 heavy (non-hydrogen) atoms. The molecule has 258 valence electrons. The molecule has 0 saturated heterocycles. The van der Waals surface area contributed by atoms with Crippen LogP contribution >= 0.6 is 11.6 Å². The predicted octanol–water partition coefficient (Wildman–Crippen LogP) is 3.58. The molecule has 2 aliphatic rings. The van der Waals surface area contributed by atoms with Crippen molar-refractivity contribution < 1.29 is 19.4 Å². The molecule has 5 atom stereocenters. The molecule has 7 rings (SSSR count). The Hall–Kier alpha value is -5.10. The van der Waals surface area contributed by atoms with Gasteiger partial charge in [0.1, 0.15) is 11.9 Å². The molecule has 0 spiro atoms. The van der Waals surface area contributed by atoms with Crippen molar-refractivity contribution in [3.05, 3.63) is 82.9 Å². The number of benzene rings is 2.